The summed E-state index contributed by atoms with van der Waals surface area (Å²) in [7, 11) is 1.39. The van der Waals surface area contributed by atoms with Crippen molar-refractivity contribution in [2.75, 3.05) is 7.05 Å². The van der Waals surface area contributed by atoms with Crippen molar-refractivity contribution < 1.29 is 18.5 Å². The van der Waals surface area contributed by atoms with Gasteiger partial charge in [-0.2, -0.15) is 9.49 Å². The first kappa shape index (κ1) is 14.6. The van der Waals surface area contributed by atoms with Gasteiger partial charge in [0.2, 0.25) is 5.82 Å². The van der Waals surface area contributed by atoms with E-state index < -0.39 is 33.7 Å². The second-order valence-corrected chi connectivity index (χ2v) is 4.31. The Hall–Kier alpha value is -2.84. The van der Waals surface area contributed by atoms with Gasteiger partial charge >= 0.3 is 5.69 Å². The highest BCUT2D eigenvalue weighted by Gasteiger charge is 2.24. The lowest BCUT2D eigenvalue weighted by Crippen LogP contribution is -2.27. The molecular formula is C12H10F2N4O3. The van der Waals surface area contributed by atoms with E-state index in [2.05, 4.69) is 10.2 Å². The van der Waals surface area contributed by atoms with Crippen LogP contribution in [0.25, 0.3) is 0 Å². The molecule has 0 radical (unpaired) electrons. The standard InChI is InChI=1S/C12H10F2N4O3/c1-17(6-7-4-15-16-5-7)12(19)8-2-11(18(20)21)10(14)3-9(8)13/h2-5H,6H2,1H3,(H,15,16). The number of hydrogen-bond donors (Lipinski definition) is 1. The Kier molecular flexibility index (Phi) is 3.92. The molecule has 0 bridgehead atoms. The van der Waals surface area contributed by atoms with Gasteiger partial charge in [0, 0.05) is 37.5 Å². The zero-order valence-corrected chi connectivity index (χ0v) is 10.8. The van der Waals surface area contributed by atoms with E-state index in [1.165, 1.54) is 13.2 Å². The molecule has 0 spiro atoms. The minimum absolute atomic E-state index is 0.125. The summed E-state index contributed by atoms with van der Waals surface area (Å²) in [5.41, 5.74) is -0.839. The molecule has 2 aromatic rings. The Labute approximate surface area is 117 Å². The lowest BCUT2D eigenvalue weighted by molar-refractivity contribution is -0.387. The number of nitro groups is 1. The highest BCUT2D eigenvalue weighted by Crippen LogP contribution is 2.22. The lowest BCUT2D eigenvalue weighted by Gasteiger charge is -2.16. The van der Waals surface area contributed by atoms with Crippen LogP contribution in [0, 0.1) is 21.7 Å². The summed E-state index contributed by atoms with van der Waals surface area (Å²) in [5, 5.41) is 16.9. The van der Waals surface area contributed by atoms with E-state index in [0.29, 0.717) is 17.7 Å². The fourth-order valence-electron chi connectivity index (χ4n) is 1.76. The van der Waals surface area contributed by atoms with Gasteiger partial charge in [0.1, 0.15) is 5.82 Å². The lowest BCUT2D eigenvalue weighted by atomic mass is 10.1. The molecule has 0 saturated heterocycles. The zero-order valence-electron chi connectivity index (χ0n) is 10.8. The fraction of sp³-hybridized carbons (Fsp3) is 0.167. The number of nitrogens with zero attached hydrogens (tertiary/aromatic N) is 3. The number of benzene rings is 1. The summed E-state index contributed by atoms with van der Waals surface area (Å²) in [4.78, 5) is 22.9. The molecule has 0 aliphatic rings. The number of halogens is 2. The van der Waals surface area contributed by atoms with E-state index in [4.69, 9.17) is 0 Å². The summed E-state index contributed by atoms with van der Waals surface area (Å²) in [5.74, 6) is -3.27. The number of aromatic nitrogens is 2. The van der Waals surface area contributed by atoms with Crippen LogP contribution >= 0.6 is 0 Å². The molecule has 7 nitrogen and oxygen atoms in total. The molecule has 0 fully saturated rings. The van der Waals surface area contributed by atoms with Crippen LogP contribution in [0.1, 0.15) is 15.9 Å². The Balaban J connectivity index is 2.30. The third kappa shape index (κ3) is 3.02. The topological polar surface area (TPSA) is 92.1 Å². The predicted molar refractivity (Wildman–Crippen MR) is 67.4 cm³/mol. The second-order valence-electron chi connectivity index (χ2n) is 4.31. The molecule has 0 atom stereocenters. The van der Waals surface area contributed by atoms with Crippen molar-refractivity contribution in [3.8, 4) is 0 Å². The quantitative estimate of drug-likeness (QED) is 0.688. The van der Waals surface area contributed by atoms with Crippen molar-refractivity contribution >= 4 is 11.6 Å². The van der Waals surface area contributed by atoms with Crippen molar-refractivity contribution in [1.29, 1.82) is 0 Å². The smallest absolute Gasteiger partial charge is 0.305 e. The molecule has 1 amide bonds. The van der Waals surface area contributed by atoms with E-state index in [0.717, 1.165) is 4.90 Å². The normalized spacial score (nSPS) is 10.4. The zero-order chi connectivity index (χ0) is 15.6. The Morgan fingerprint density at radius 1 is 1.43 bits per heavy atom. The minimum atomic E-state index is -1.33. The second kappa shape index (κ2) is 5.65. The fourth-order valence-corrected chi connectivity index (χ4v) is 1.76. The van der Waals surface area contributed by atoms with Gasteiger partial charge in [-0.1, -0.05) is 0 Å². The number of carbonyl (C=O) groups excluding carboxylic acids is 1. The van der Waals surface area contributed by atoms with Crippen LogP contribution in [0.15, 0.2) is 24.5 Å². The van der Waals surface area contributed by atoms with Gasteiger partial charge in [-0.3, -0.25) is 20.0 Å². The van der Waals surface area contributed by atoms with Crippen LogP contribution in [-0.4, -0.2) is 33.0 Å². The van der Waals surface area contributed by atoms with Gasteiger partial charge in [-0.25, -0.2) is 4.39 Å². The largest absolute Gasteiger partial charge is 0.337 e. The molecular weight excluding hydrogens is 286 g/mol. The molecule has 2 rings (SSSR count). The van der Waals surface area contributed by atoms with Gasteiger partial charge < -0.3 is 4.90 Å². The van der Waals surface area contributed by atoms with Crippen LogP contribution in [0.4, 0.5) is 14.5 Å². The summed E-state index contributed by atoms with van der Waals surface area (Å²) < 4.78 is 26.9. The van der Waals surface area contributed by atoms with E-state index in [-0.39, 0.29) is 6.54 Å². The monoisotopic (exact) mass is 296 g/mol. The third-order valence-corrected chi connectivity index (χ3v) is 2.78. The maximum Gasteiger partial charge on any atom is 0.305 e. The number of hydrogen-bond acceptors (Lipinski definition) is 4. The number of amides is 1. The van der Waals surface area contributed by atoms with Gasteiger partial charge in [0.25, 0.3) is 5.91 Å². The van der Waals surface area contributed by atoms with E-state index in [9.17, 15) is 23.7 Å². The first-order chi connectivity index (χ1) is 9.90. The minimum Gasteiger partial charge on any atom is -0.337 e. The van der Waals surface area contributed by atoms with Gasteiger partial charge in [0.05, 0.1) is 16.7 Å². The predicted octanol–water partition coefficient (Wildman–Crippen LogP) is 1.87. The average molecular weight is 296 g/mol. The SMILES string of the molecule is CN(Cc1cn[nH]c1)C(=O)c1cc([N+](=O)[O-])c(F)cc1F. The molecule has 1 N–H and O–H groups in total. The molecule has 110 valence electrons. The summed E-state index contributed by atoms with van der Waals surface area (Å²) in [6, 6.07) is 0.927. The number of aromatic amines is 1. The summed E-state index contributed by atoms with van der Waals surface area (Å²) in [6.07, 6.45) is 3.03. The Bertz CT molecular complexity index is 688. The van der Waals surface area contributed by atoms with Gasteiger partial charge in [0.15, 0.2) is 0 Å². The van der Waals surface area contributed by atoms with Crippen LogP contribution < -0.4 is 0 Å². The first-order valence-corrected chi connectivity index (χ1v) is 5.76. The average Bonchev–Trinajstić information content (AvgIpc) is 2.90. The number of H-pyrrole nitrogens is 1. The van der Waals surface area contributed by atoms with E-state index >= 15 is 0 Å². The van der Waals surface area contributed by atoms with E-state index in [1.54, 1.807) is 6.20 Å². The molecule has 21 heavy (non-hydrogen) atoms. The number of nitro benzene ring substituents is 1. The van der Waals surface area contributed by atoms with Crippen molar-refractivity contribution in [2.45, 2.75) is 6.54 Å². The third-order valence-electron chi connectivity index (χ3n) is 2.78. The van der Waals surface area contributed by atoms with Crippen molar-refractivity contribution in [3.63, 3.8) is 0 Å². The van der Waals surface area contributed by atoms with E-state index in [1.807, 2.05) is 0 Å². The Morgan fingerprint density at radius 3 is 2.71 bits per heavy atom. The highest BCUT2D eigenvalue weighted by molar-refractivity contribution is 5.95. The number of nitrogens with one attached hydrogen (secondary N) is 1. The van der Waals surface area contributed by atoms with Crippen molar-refractivity contribution in [1.82, 2.24) is 15.1 Å². The molecule has 0 saturated carbocycles. The van der Waals surface area contributed by atoms with Gasteiger partial charge in [-0.15, -0.1) is 0 Å². The molecule has 9 heteroatoms. The molecule has 1 heterocycles. The maximum atomic E-state index is 13.7. The first-order valence-electron chi connectivity index (χ1n) is 5.76. The van der Waals surface area contributed by atoms with Gasteiger partial charge in [-0.05, 0) is 0 Å². The molecule has 0 aliphatic heterocycles. The number of carbonyl (C=O) groups is 1. The van der Waals surface area contributed by atoms with Crippen LogP contribution in [0.5, 0.6) is 0 Å². The summed E-state index contributed by atoms with van der Waals surface area (Å²) >= 11 is 0. The molecule has 0 unspecified atom stereocenters. The van der Waals surface area contributed by atoms with Crippen LogP contribution in [0.3, 0.4) is 0 Å². The van der Waals surface area contributed by atoms with Crippen LogP contribution in [-0.2, 0) is 6.54 Å². The number of rotatable bonds is 4. The van der Waals surface area contributed by atoms with Crippen LogP contribution in [0.2, 0.25) is 0 Å². The molecule has 1 aromatic heterocycles. The summed E-state index contributed by atoms with van der Waals surface area (Å²) in [6.45, 7) is 0.125. The van der Waals surface area contributed by atoms with Crippen molar-refractivity contribution in [3.05, 3.63) is 57.4 Å². The highest BCUT2D eigenvalue weighted by atomic mass is 19.1. The molecule has 1 aromatic carbocycles. The Morgan fingerprint density at radius 2 is 2.14 bits per heavy atom. The molecule has 0 aliphatic carbocycles. The van der Waals surface area contributed by atoms with Crippen molar-refractivity contribution in [2.24, 2.45) is 0 Å². The maximum absolute atomic E-state index is 13.7.